The Kier molecular flexibility index (Phi) is 27.5. The molecule has 0 aromatic rings. The second kappa shape index (κ2) is 33.6. The summed E-state index contributed by atoms with van der Waals surface area (Å²) in [6.07, 6.45) is -72.3. The molecule has 42 nitrogen and oxygen atoms in total. The highest BCUT2D eigenvalue weighted by molar-refractivity contribution is 5.74. The van der Waals surface area contributed by atoms with Gasteiger partial charge >= 0.3 is 0 Å². The molecule has 8 aliphatic rings. The minimum atomic E-state index is -2.40. The summed E-state index contributed by atoms with van der Waals surface area (Å²) in [5, 5.41) is 238. The monoisotopic (exact) mass is 1390 g/mol. The maximum absolute atomic E-state index is 13.2. The molecular formula is C53H89N3O39. The lowest BCUT2D eigenvalue weighted by Gasteiger charge is -2.52. The Morgan fingerprint density at radius 2 is 0.653 bits per heavy atom. The minimum absolute atomic E-state index is 0.828. The lowest BCUT2D eigenvalue weighted by atomic mass is 9.93. The summed E-state index contributed by atoms with van der Waals surface area (Å²) < 4.78 is 89.9. The third-order valence-corrected chi connectivity index (χ3v) is 17.5. The molecule has 8 rings (SSSR count). The van der Waals surface area contributed by atoms with Gasteiger partial charge in [0, 0.05) is 20.8 Å². The van der Waals surface area contributed by atoms with Crippen molar-refractivity contribution in [3.63, 3.8) is 0 Å². The molecule has 42 heteroatoms. The number of aliphatic hydroxyl groups is 21. The third-order valence-electron chi connectivity index (χ3n) is 17.5. The summed E-state index contributed by atoms with van der Waals surface area (Å²) in [7, 11) is 0. The molecule has 24 N–H and O–H groups in total. The molecule has 550 valence electrons. The summed E-state index contributed by atoms with van der Waals surface area (Å²) in [6.45, 7) is -3.14. The van der Waals surface area contributed by atoms with Gasteiger partial charge in [0.2, 0.25) is 17.7 Å². The Morgan fingerprint density at radius 3 is 1.21 bits per heavy atom. The SMILES string of the molecule is CC(=O)N[C@H]1[C@H](O[C@H]2[C@H](O[C@@H]3O[C@@H](C)[C@@H](O)[C@@H](O)[C@@H]3O)[C@@H](NC(C)=O)C(O)O[C@@H]2CO)O[C@H](CO)[C@@H](O[C@@H]2O[C@H](CO[C@H]3O[C@H](CO)[C@@H](O)[C@H](O)[C@@H]3O)[C@@H](O)[C@H](O[C@H]3O[C@H](CO)[C@@H](O)[C@H](O)[C@@H]3O[C@@H]3O[C@H](CO)[C@@H](O)[C@H](O)[C@H]3NC(C)=O)[C@@H]2O[C@@H]2O[C@H](CO)[C@H](O)[C@H]2O)[C@@H]1O. The van der Waals surface area contributed by atoms with E-state index in [1.165, 1.54) is 6.92 Å². The summed E-state index contributed by atoms with van der Waals surface area (Å²) in [5.41, 5.74) is 0. The zero-order valence-corrected chi connectivity index (χ0v) is 51.2. The molecule has 8 heterocycles. The van der Waals surface area contributed by atoms with Gasteiger partial charge in [-0.25, -0.2) is 0 Å². The zero-order chi connectivity index (χ0) is 69.9. The fourth-order valence-corrected chi connectivity index (χ4v) is 12.3. The number of carbonyl (C=O) groups is 3. The Balaban J connectivity index is 1.20. The van der Waals surface area contributed by atoms with Crippen LogP contribution in [-0.2, 0) is 85.4 Å². The van der Waals surface area contributed by atoms with Crippen LogP contribution in [0.15, 0.2) is 0 Å². The molecule has 8 saturated heterocycles. The van der Waals surface area contributed by atoms with Crippen LogP contribution in [0, 0.1) is 0 Å². The van der Waals surface area contributed by atoms with Crippen LogP contribution in [0.5, 0.6) is 0 Å². The molecule has 0 saturated carbocycles. The second-order valence-electron chi connectivity index (χ2n) is 24.1. The van der Waals surface area contributed by atoms with Crippen molar-refractivity contribution in [2.24, 2.45) is 0 Å². The van der Waals surface area contributed by atoms with Crippen molar-refractivity contribution < 1.29 is 193 Å². The van der Waals surface area contributed by atoms with E-state index in [0.29, 0.717) is 0 Å². The first-order valence-electron chi connectivity index (χ1n) is 30.4. The molecule has 95 heavy (non-hydrogen) atoms. The van der Waals surface area contributed by atoms with Gasteiger partial charge in [0.05, 0.1) is 52.4 Å². The van der Waals surface area contributed by atoms with Crippen LogP contribution in [0.25, 0.3) is 0 Å². The minimum Gasteiger partial charge on any atom is -0.394 e. The van der Waals surface area contributed by atoms with Crippen molar-refractivity contribution in [3.8, 4) is 0 Å². The average Bonchev–Trinajstić information content (AvgIpc) is 1.25. The molecule has 0 spiro atoms. The molecule has 3 amide bonds. The average molecular weight is 1390 g/mol. The molecule has 0 aromatic heterocycles. The van der Waals surface area contributed by atoms with E-state index in [9.17, 15) is 122 Å². The van der Waals surface area contributed by atoms with Crippen LogP contribution in [0.3, 0.4) is 0 Å². The van der Waals surface area contributed by atoms with Crippen LogP contribution in [0.2, 0.25) is 0 Å². The van der Waals surface area contributed by atoms with E-state index in [1.54, 1.807) is 0 Å². The van der Waals surface area contributed by atoms with Gasteiger partial charge in [-0.15, -0.1) is 0 Å². The molecule has 39 atom stereocenters. The molecule has 1 unspecified atom stereocenters. The normalized spacial score (nSPS) is 49.8. The summed E-state index contributed by atoms with van der Waals surface area (Å²) in [5.74, 6) is -2.64. The number of rotatable bonds is 24. The van der Waals surface area contributed by atoms with Gasteiger partial charge in [0.25, 0.3) is 0 Å². The van der Waals surface area contributed by atoms with Crippen LogP contribution >= 0.6 is 0 Å². The van der Waals surface area contributed by atoms with E-state index in [0.717, 1.165) is 20.8 Å². The molecular weight excluding hydrogens is 1300 g/mol. The Morgan fingerprint density at radius 1 is 0.295 bits per heavy atom. The van der Waals surface area contributed by atoms with E-state index in [2.05, 4.69) is 16.0 Å². The van der Waals surface area contributed by atoms with Crippen molar-refractivity contribution in [1.29, 1.82) is 0 Å². The molecule has 0 radical (unpaired) electrons. The van der Waals surface area contributed by atoms with Gasteiger partial charge in [0.1, 0.15) is 183 Å². The Labute approximate surface area is 538 Å². The lowest BCUT2D eigenvalue weighted by molar-refractivity contribution is -0.406. The molecule has 0 bridgehead atoms. The quantitative estimate of drug-likeness (QED) is 0.0427. The van der Waals surface area contributed by atoms with Gasteiger partial charge in [-0.2, -0.15) is 0 Å². The lowest BCUT2D eigenvalue weighted by Crippen LogP contribution is -2.71. The predicted octanol–water partition coefficient (Wildman–Crippen LogP) is -16.4. The van der Waals surface area contributed by atoms with Gasteiger partial charge in [-0.1, -0.05) is 0 Å². The first-order chi connectivity index (χ1) is 44.9. The molecule has 0 aromatic carbocycles. The predicted molar refractivity (Wildman–Crippen MR) is 292 cm³/mol. The summed E-state index contributed by atoms with van der Waals surface area (Å²) >= 11 is 0. The topological polar surface area (TPSA) is 651 Å². The van der Waals surface area contributed by atoms with Crippen molar-refractivity contribution >= 4 is 17.7 Å². The number of hydrogen-bond acceptors (Lipinski definition) is 39. The van der Waals surface area contributed by atoms with E-state index in [1.807, 2.05) is 0 Å². The number of ether oxygens (including phenoxy) is 15. The van der Waals surface area contributed by atoms with Gasteiger partial charge in [-0.3, -0.25) is 14.4 Å². The Bertz CT molecular complexity index is 2440. The smallest absolute Gasteiger partial charge is 0.217 e. The highest BCUT2D eigenvalue weighted by atomic mass is 16.8. The molecule has 0 aliphatic carbocycles. The maximum Gasteiger partial charge on any atom is 0.217 e. The van der Waals surface area contributed by atoms with Crippen LogP contribution in [0.1, 0.15) is 27.7 Å². The van der Waals surface area contributed by atoms with Crippen LogP contribution in [0.4, 0.5) is 0 Å². The van der Waals surface area contributed by atoms with E-state index >= 15 is 0 Å². The zero-order valence-electron chi connectivity index (χ0n) is 51.2. The molecule has 8 aliphatic heterocycles. The first-order valence-corrected chi connectivity index (χ1v) is 30.4. The molecule has 8 fully saturated rings. The number of nitrogens with one attached hydrogen (secondary N) is 3. The number of carbonyl (C=O) groups excluding carboxylic acids is 3. The standard InChI is InChI=1S/C53H89N3O39/c1-12-26(66)34(74)39(79)50(82-12)92-42-25(56-15(4)65)46(80)83-21(10-62)41(42)91-48-24(55-14(3)64)33(73)40(20(9-61)88-48)90-53-45(95-51-37(77)30(70)19(8-60)86-51)43(31(71)22(89-53)11-81-49-38(78)35(75)28(68)17(6-58)85-49)93-52-44(36(76)29(69)18(7-59)87-52)94-47-23(54-13(2)63)32(72)27(67)16(5-57)84-47/h12,16-53,57-62,66-80H,5-11H2,1-4H3,(H,54,63)(H,55,64)(H,56,65)/t12-,16+,17+,18+,19+,20+,21+,22+,23+,24+,25+,26+,27+,28+,29+,30-,31+,32+,33+,34+,35-,36-,37+,38-,39-,40+,41+,42+,43-,44-,45-,46?,47-,48-,49-,50-,51-,52+,53-/m0/s1. The summed E-state index contributed by atoms with van der Waals surface area (Å²) in [4.78, 5) is 38.3. The van der Waals surface area contributed by atoms with E-state index in [-0.39, 0.29) is 0 Å². The van der Waals surface area contributed by atoms with E-state index < -0.39 is 303 Å². The fourth-order valence-electron chi connectivity index (χ4n) is 12.3. The fraction of sp³-hybridized carbons (Fsp3) is 0.943. The number of aliphatic hydroxyl groups excluding tert-OH is 21. The van der Waals surface area contributed by atoms with Crippen molar-refractivity contribution in [1.82, 2.24) is 16.0 Å². The Hall–Kier alpha value is -3.03. The van der Waals surface area contributed by atoms with Crippen LogP contribution < -0.4 is 16.0 Å². The largest absolute Gasteiger partial charge is 0.394 e. The van der Waals surface area contributed by atoms with Gasteiger partial charge in [-0.05, 0) is 6.92 Å². The number of hydrogen-bond donors (Lipinski definition) is 24. The van der Waals surface area contributed by atoms with Crippen molar-refractivity contribution in [2.45, 2.75) is 267 Å². The maximum atomic E-state index is 13.2. The third kappa shape index (κ3) is 17.0. The second-order valence-corrected chi connectivity index (χ2v) is 24.1. The highest BCUT2D eigenvalue weighted by Crippen LogP contribution is 2.40. The van der Waals surface area contributed by atoms with Crippen molar-refractivity contribution in [3.05, 3.63) is 0 Å². The van der Waals surface area contributed by atoms with Gasteiger partial charge < -0.3 is 194 Å². The van der Waals surface area contributed by atoms with Gasteiger partial charge in [0.15, 0.2) is 50.3 Å². The number of amides is 3. The van der Waals surface area contributed by atoms with Crippen LogP contribution in [-0.4, -0.2) is 411 Å². The summed E-state index contributed by atoms with van der Waals surface area (Å²) in [6, 6.07) is -5.47. The van der Waals surface area contributed by atoms with E-state index in [4.69, 9.17) is 71.1 Å². The highest BCUT2D eigenvalue weighted by Gasteiger charge is 2.61. The van der Waals surface area contributed by atoms with Crippen molar-refractivity contribution in [2.75, 3.05) is 46.2 Å². The first kappa shape index (κ1) is 77.7.